The van der Waals surface area contributed by atoms with Crippen LogP contribution in [0.25, 0.3) is 0 Å². The van der Waals surface area contributed by atoms with E-state index in [4.69, 9.17) is 23.7 Å². The van der Waals surface area contributed by atoms with Crippen molar-refractivity contribution in [3.8, 4) is 11.5 Å². The fourth-order valence-corrected chi connectivity index (χ4v) is 9.09. The summed E-state index contributed by atoms with van der Waals surface area (Å²) in [5, 5.41) is 3.15. The summed E-state index contributed by atoms with van der Waals surface area (Å²) >= 11 is 0. The number of ether oxygens (including phenoxy) is 5. The lowest BCUT2D eigenvalue weighted by Crippen LogP contribution is -2.63. The summed E-state index contributed by atoms with van der Waals surface area (Å²) < 4.78 is 30.8. The first-order valence-corrected chi connectivity index (χ1v) is 24.7. The molecule has 1 amide bonds. The van der Waals surface area contributed by atoms with Crippen LogP contribution in [0.15, 0.2) is 0 Å². The van der Waals surface area contributed by atoms with Gasteiger partial charge in [-0.2, -0.15) is 0 Å². The summed E-state index contributed by atoms with van der Waals surface area (Å²) in [6.07, 6.45) is 27.4. The molecule has 0 bridgehead atoms. The number of fused-ring (bicyclic) bond motifs is 1. The van der Waals surface area contributed by atoms with Gasteiger partial charge in [-0.3, -0.25) is 4.79 Å². The Kier molecular flexibility index (Phi) is 23.0. The van der Waals surface area contributed by atoms with Gasteiger partial charge in [-0.25, -0.2) is 4.79 Å². The topological polar surface area (TPSA) is 92.3 Å². The molecule has 3 rings (SSSR count). The van der Waals surface area contributed by atoms with Crippen molar-refractivity contribution in [3.05, 3.63) is 22.3 Å². The van der Waals surface area contributed by atoms with Gasteiger partial charge in [-0.15, -0.1) is 0 Å². The van der Waals surface area contributed by atoms with Crippen molar-refractivity contribution in [1.29, 1.82) is 0 Å². The van der Waals surface area contributed by atoms with Gasteiger partial charge in [-0.05, 0) is 108 Å². The van der Waals surface area contributed by atoms with Crippen LogP contribution in [0.1, 0.15) is 219 Å². The number of hydrogen-bond donors (Lipinski definition) is 1. The molecule has 1 fully saturated rings. The van der Waals surface area contributed by atoms with Gasteiger partial charge < -0.3 is 29.0 Å². The number of carbonyl (C=O) groups excluding carboxylic acids is 2. The van der Waals surface area contributed by atoms with Crippen LogP contribution >= 0.6 is 0 Å². The van der Waals surface area contributed by atoms with Gasteiger partial charge in [0.05, 0.1) is 19.8 Å². The minimum atomic E-state index is -0.883. The second-order valence-corrected chi connectivity index (χ2v) is 20.5. The predicted octanol–water partition coefficient (Wildman–Crippen LogP) is 13.4. The van der Waals surface area contributed by atoms with Crippen LogP contribution in [0.2, 0.25) is 0 Å². The van der Waals surface area contributed by atoms with Crippen molar-refractivity contribution in [2.45, 2.75) is 241 Å². The Morgan fingerprint density at radius 3 is 1.83 bits per heavy atom. The number of amides is 1. The largest absolute Gasteiger partial charge is 0.487 e. The summed E-state index contributed by atoms with van der Waals surface area (Å²) in [7, 11) is 0. The molecule has 1 aromatic rings. The van der Waals surface area contributed by atoms with E-state index in [-0.39, 0.29) is 37.9 Å². The van der Waals surface area contributed by atoms with Crippen molar-refractivity contribution >= 4 is 11.9 Å². The first kappa shape index (κ1) is 52.2. The molecular formula is C52H91NO7. The molecule has 0 aliphatic carbocycles. The lowest BCUT2D eigenvalue weighted by Gasteiger charge is -2.43. The van der Waals surface area contributed by atoms with Crippen LogP contribution in [0.4, 0.5) is 0 Å². The summed E-state index contributed by atoms with van der Waals surface area (Å²) in [4.78, 5) is 26.4. The van der Waals surface area contributed by atoms with Crippen LogP contribution in [0.3, 0.4) is 0 Å². The van der Waals surface area contributed by atoms with E-state index >= 15 is 0 Å². The van der Waals surface area contributed by atoms with E-state index in [1.807, 2.05) is 27.7 Å². The number of carbonyl (C=O) groups is 2. The Morgan fingerprint density at radius 1 is 0.700 bits per heavy atom. The van der Waals surface area contributed by atoms with Crippen LogP contribution in [-0.2, 0) is 30.2 Å². The minimum absolute atomic E-state index is 0.0454. The molecule has 0 radical (unpaired) electrons. The van der Waals surface area contributed by atoms with E-state index in [1.54, 1.807) is 0 Å². The fourth-order valence-electron chi connectivity index (χ4n) is 9.09. The van der Waals surface area contributed by atoms with Gasteiger partial charge in [0.25, 0.3) is 0 Å². The fraction of sp³-hybridized carbons (Fsp3) is 0.846. The lowest BCUT2D eigenvalue weighted by atomic mass is 9.83. The highest BCUT2D eigenvalue weighted by molar-refractivity contribution is 5.77. The molecule has 1 aromatic carbocycles. The summed E-state index contributed by atoms with van der Waals surface area (Å²) in [5.41, 5.74) is 2.95. The molecule has 60 heavy (non-hydrogen) atoms. The molecule has 1 saturated heterocycles. The monoisotopic (exact) mass is 842 g/mol. The van der Waals surface area contributed by atoms with Crippen molar-refractivity contribution < 1.29 is 33.3 Å². The SMILES string of the molecule is CCCCCCCCCCCCCC(=O)NC1(COCC(=O)Oc2c(C)c(C)c3c(c2C)CCC(C)(CCCC(C)CCCC(C)CCCC(C)C)O3)COC(C)(C)OC1. The molecule has 0 saturated carbocycles. The number of unbranched alkanes of at least 4 members (excludes halogenated alkanes) is 10. The molecule has 3 unspecified atom stereocenters. The van der Waals surface area contributed by atoms with E-state index < -0.39 is 17.3 Å². The number of benzene rings is 1. The zero-order chi connectivity index (χ0) is 44.2. The lowest BCUT2D eigenvalue weighted by molar-refractivity contribution is -0.276. The molecule has 2 aliphatic rings. The zero-order valence-corrected chi connectivity index (χ0v) is 40.7. The van der Waals surface area contributed by atoms with Crippen LogP contribution < -0.4 is 14.8 Å². The van der Waals surface area contributed by atoms with E-state index in [0.717, 1.165) is 84.3 Å². The third-order valence-corrected chi connectivity index (χ3v) is 13.5. The Bertz CT molecular complexity index is 1410. The van der Waals surface area contributed by atoms with E-state index in [1.165, 1.54) is 103 Å². The smallest absolute Gasteiger partial charge is 0.337 e. The Hall–Kier alpha value is -2.16. The highest BCUT2D eigenvalue weighted by Gasteiger charge is 2.42. The van der Waals surface area contributed by atoms with Gasteiger partial charge in [0.2, 0.25) is 5.91 Å². The molecule has 8 heteroatoms. The first-order chi connectivity index (χ1) is 28.5. The maximum absolute atomic E-state index is 13.3. The molecule has 346 valence electrons. The van der Waals surface area contributed by atoms with Gasteiger partial charge >= 0.3 is 5.97 Å². The van der Waals surface area contributed by atoms with Crippen LogP contribution in [-0.4, -0.2) is 55.2 Å². The van der Waals surface area contributed by atoms with Gasteiger partial charge in [-0.1, -0.05) is 144 Å². The van der Waals surface area contributed by atoms with Gasteiger partial charge in [0.1, 0.15) is 29.2 Å². The Labute approximate surface area is 368 Å². The quantitative estimate of drug-likeness (QED) is 0.0468. The molecule has 2 aliphatic heterocycles. The molecule has 8 nitrogen and oxygen atoms in total. The van der Waals surface area contributed by atoms with Crippen LogP contribution in [0, 0.1) is 38.5 Å². The normalized spacial score (nSPS) is 19.4. The highest BCUT2D eigenvalue weighted by atomic mass is 16.7. The second-order valence-electron chi connectivity index (χ2n) is 20.5. The Balaban J connectivity index is 1.45. The average Bonchev–Trinajstić information content (AvgIpc) is 3.18. The molecular weight excluding hydrogens is 751 g/mol. The van der Waals surface area contributed by atoms with E-state index in [9.17, 15) is 9.59 Å². The van der Waals surface area contributed by atoms with E-state index in [2.05, 4.69) is 53.8 Å². The van der Waals surface area contributed by atoms with Gasteiger partial charge in [0, 0.05) is 12.0 Å². The predicted molar refractivity (Wildman–Crippen MR) is 247 cm³/mol. The molecule has 2 heterocycles. The summed E-state index contributed by atoms with van der Waals surface area (Å²) in [6, 6.07) is 0. The standard InChI is InChI=1S/C52H91NO7/c1-12-13-14-15-16-17-18-19-20-21-22-31-46(54)53-52(37-57-50(9,10)58-38-52)36-56-35-47(55)59-48-42(6)43(7)49-45(44(48)8)32-34-51(11,60-49)33-25-30-41(5)29-24-28-40(4)27-23-26-39(2)3/h39-41H,12-38H2,1-11H3,(H,53,54). The molecule has 0 aromatic heterocycles. The number of hydrogen-bond acceptors (Lipinski definition) is 7. The highest BCUT2D eigenvalue weighted by Crippen LogP contribution is 2.45. The van der Waals surface area contributed by atoms with Crippen molar-refractivity contribution in [3.63, 3.8) is 0 Å². The Morgan fingerprint density at radius 2 is 1.25 bits per heavy atom. The first-order valence-electron chi connectivity index (χ1n) is 24.7. The molecule has 1 N–H and O–H groups in total. The van der Waals surface area contributed by atoms with Crippen LogP contribution in [0.5, 0.6) is 11.5 Å². The molecule has 3 atom stereocenters. The maximum Gasteiger partial charge on any atom is 0.337 e. The number of nitrogens with one attached hydrogen (secondary N) is 1. The maximum atomic E-state index is 13.3. The van der Waals surface area contributed by atoms with Crippen molar-refractivity contribution in [1.82, 2.24) is 5.32 Å². The summed E-state index contributed by atoms with van der Waals surface area (Å²) in [6.45, 7) is 24.2. The van der Waals surface area contributed by atoms with Gasteiger partial charge in [0.15, 0.2) is 5.79 Å². The zero-order valence-electron chi connectivity index (χ0n) is 40.7. The van der Waals surface area contributed by atoms with Crippen molar-refractivity contribution in [2.24, 2.45) is 17.8 Å². The van der Waals surface area contributed by atoms with Crippen molar-refractivity contribution in [2.75, 3.05) is 26.4 Å². The third-order valence-electron chi connectivity index (χ3n) is 13.5. The summed E-state index contributed by atoms with van der Waals surface area (Å²) in [5.74, 6) is 2.67. The minimum Gasteiger partial charge on any atom is -0.487 e. The molecule has 0 spiro atoms. The van der Waals surface area contributed by atoms with E-state index in [0.29, 0.717) is 12.2 Å². The average molecular weight is 842 g/mol. The third kappa shape index (κ3) is 18.7. The second kappa shape index (κ2) is 26.5. The number of rotatable bonds is 30. The number of esters is 1.